The summed E-state index contributed by atoms with van der Waals surface area (Å²) in [6.07, 6.45) is 0. The second-order valence-corrected chi connectivity index (χ2v) is 6.36. The molecule has 0 bridgehead atoms. The van der Waals surface area contributed by atoms with Crippen molar-refractivity contribution in [3.63, 3.8) is 0 Å². The molecule has 112 valence electrons. The highest BCUT2D eigenvalue weighted by molar-refractivity contribution is 9.11. The molecule has 1 aromatic rings. The van der Waals surface area contributed by atoms with Crippen molar-refractivity contribution >= 4 is 49.4 Å². The molecule has 0 radical (unpaired) electrons. The molecule has 1 aromatic carbocycles. The number of esters is 1. The number of methoxy groups -OCH3 is 1. The SMILES string of the molecule is COC(=O)c1cc(Br)cc(Br)c1NC(=O)C(C)=C1CNC1. The third kappa shape index (κ3) is 3.53. The van der Waals surface area contributed by atoms with Gasteiger partial charge < -0.3 is 15.4 Å². The molecular formula is C14H14Br2N2O3. The molecule has 7 heteroatoms. The molecule has 0 atom stereocenters. The lowest BCUT2D eigenvalue weighted by atomic mass is 10.0. The molecule has 0 aromatic heterocycles. The van der Waals surface area contributed by atoms with Gasteiger partial charge in [-0.1, -0.05) is 15.9 Å². The molecule has 0 unspecified atom stereocenters. The lowest BCUT2D eigenvalue weighted by molar-refractivity contribution is -0.112. The van der Waals surface area contributed by atoms with Gasteiger partial charge in [-0.05, 0) is 40.6 Å². The molecule has 1 heterocycles. The molecule has 0 aliphatic carbocycles. The minimum absolute atomic E-state index is 0.223. The summed E-state index contributed by atoms with van der Waals surface area (Å²) in [6.45, 7) is 3.23. The van der Waals surface area contributed by atoms with Crippen molar-refractivity contribution in [2.24, 2.45) is 0 Å². The van der Waals surface area contributed by atoms with Crippen molar-refractivity contribution in [3.8, 4) is 0 Å². The first-order valence-corrected chi connectivity index (χ1v) is 7.80. The Morgan fingerprint density at radius 1 is 1.29 bits per heavy atom. The molecule has 0 spiro atoms. The second-order valence-electron chi connectivity index (χ2n) is 4.59. The Hall–Kier alpha value is -1.18. The van der Waals surface area contributed by atoms with Crippen molar-refractivity contribution in [1.29, 1.82) is 0 Å². The Labute approximate surface area is 139 Å². The number of anilines is 1. The number of amides is 1. The van der Waals surface area contributed by atoms with E-state index in [1.54, 1.807) is 19.1 Å². The Kier molecular flexibility index (Phi) is 5.18. The summed E-state index contributed by atoms with van der Waals surface area (Å²) >= 11 is 6.68. The van der Waals surface area contributed by atoms with E-state index in [0.717, 1.165) is 18.7 Å². The van der Waals surface area contributed by atoms with Gasteiger partial charge in [-0.3, -0.25) is 4.79 Å². The average Bonchev–Trinajstić information content (AvgIpc) is 2.38. The highest BCUT2D eigenvalue weighted by Gasteiger charge is 2.21. The highest BCUT2D eigenvalue weighted by Crippen LogP contribution is 2.31. The smallest absolute Gasteiger partial charge is 0.340 e. The van der Waals surface area contributed by atoms with Gasteiger partial charge in [-0.2, -0.15) is 0 Å². The van der Waals surface area contributed by atoms with Gasteiger partial charge in [-0.25, -0.2) is 4.79 Å². The summed E-state index contributed by atoms with van der Waals surface area (Å²) < 4.78 is 6.08. The molecule has 0 saturated carbocycles. The average molecular weight is 418 g/mol. The minimum atomic E-state index is -0.511. The van der Waals surface area contributed by atoms with E-state index >= 15 is 0 Å². The summed E-state index contributed by atoms with van der Waals surface area (Å²) in [5, 5.41) is 5.87. The molecular weight excluding hydrogens is 404 g/mol. The molecule has 1 amide bonds. The van der Waals surface area contributed by atoms with Crippen molar-refractivity contribution in [2.75, 3.05) is 25.5 Å². The van der Waals surface area contributed by atoms with Crippen LogP contribution in [0.4, 0.5) is 5.69 Å². The molecule has 1 aliphatic heterocycles. The van der Waals surface area contributed by atoms with Crippen LogP contribution in [0.2, 0.25) is 0 Å². The van der Waals surface area contributed by atoms with Crippen LogP contribution in [0.25, 0.3) is 0 Å². The van der Waals surface area contributed by atoms with Crippen molar-refractivity contribution in [2.45, 2.75) is 6.92 Å². The van der Waals surface area contributed by atoms with Crippen LogP contribution >= 0.6 is 31.9 Å². The van der Waals surface area contributed by atoms with Gasteiger partial charge >= 0.3 is 5.97 Å². The summed E-state index contributed by atoms with van der Waals surface area (Å²) in [6, 6.07) is 3.37. The first-order valence-electron chi connectivity index (χ1n) is 6.22. The molecule has 1 saturated heterocycles. The summed E-state index contributed by atoms with van der Waals surface area (Å²) in [4.78, 5) is 24.1. The van der Waals surface area contributed by atoms with Gasteiger partial charge in [0.1, 0.15) is 0 Å². The number of nitrogens with one attached hydrogen (secondary N) is 2. The van der Waals surface area contributed by atoms with E-state index < -0.39 is 5.97 Å². The van der Waals surface area contributed by atoms with Crippen molar-refractivity contribution < 1.29 is 14.3 Å². The van der Waals surface area contributed by atoms with Gasteiger partial charge in [0.15, 0.2) is 0 Å². The first kappa shape index (κ1) is 16.2. The number of ether oxygens (including phenoxy) is 1. The zero-order valence-corrected chi connectivity index (χ0v) is 14.7. The number of hydrogen-bond donors (Lipinski definition) is 2. The number of benzene rings is 1. The maximum atomic E-state index is 12.3. The third-order valence-corrected chi connectivity index (χ3v) is 4.33. The summed E-state index contributed by atoms with van der Waals surface area (Å²) in [7, 11) is 1.30. The third-order valence-electron chi connectivity index (χ3n) is 3.25. The number of carbonyl (C=O) groups excluding carboxylic acids is 2. The zero-order valence-electron chi connectivity index (χ0n) is 11.5. The molecule has 5 nitrogen and oxygen atoms in total. The maximum Gasteiger partial charge on any atom is 0.340 e. The Bertz CT molecular complexity index is 635. The standard InChI is InChI=1S/C14H14Br2N2O3/c1-7(8-5-17-6-8)13(19)18-12-10(14(20)21-2)3-9(15)4-11(12)16/h3-4,17H,5-6H2,1-2H3,(H,18,19). The van der Waals surface area contributed by atoms with Gasteiger partial charge in [0.25, 0.3) is 5.91 Å². The lowest BCUT2D eigenvalue weighted by Crippen LogP contribution is -2.36. The van der Waals surface area contributed by atoms with E-state index in [-0.39, 0.29) is 11.5 Å². The van der Waals surface area contributed by atoms with Crippen molar-refractivity contribution in [1.82, 2.24) is 5.32 Å². The van der Waals surface area contributed by atoms with E-state index in [9.17, 15) is 9.59 Å². The fraction of sp³-hybridized carbons (Fsp3) is 0.286. The molecule has 1 fully saturated rings. The van der Waals surface area contributed by atoms with Crippen LogP contribution in [0.5, 0.6) is 0 Å². The highest BCUT2D eigenvalue weighted by atomic mass is 79.9. The maximum absolute atomic E-state index is 12.3. The number of hydrogen-bond acceptors (Lipinski definition) is 4. The minimum Gasteiger partial charge on any atom is -0.465 e. The van der Waals surface area contributed by atoms with Crippen LogP contribution in [0.1, 0.15) is 17.3 Å². The number of halogens is 2. The number of rotatable bonds is 3. The first-order chi connectivity index (χ1) is 9.93. The largest absolute Gasteiger partial charge is 0.465 e. The second kappa shape index (κ2) is 6.72. The normalized spacial score (nSPS) is 13.4. The van der Waals surface area contributed by atoms with E-state index in [0.29, 0.717) is 20.2 Å². The van der Waals surface area contributed by atoms with Crippen LogP contribution < -0.4 is 10.6 Å². The Morgan fingerprint density at radius 3 is 2.48 bits per heavy atom. The Balaban J connectivity index is 2.35. The quantitative estimate of drug-likeness (QED) is 0.586. The van der Waals surface area contributed by atoms with Crippen LogP contribution in [-0.4, -0.2) is 32.1 Å². The fourth-order valence-electron chi connectivity index (χ4n) is 1.85. The van der Waals surface area contributed by atoms with Crippen LogP contribution in [0, 0.1) is 0 Å². The predicted octanol–water partition coefficient (Wildman–Crippen LogP) is 2.86. The van der Waals surface area contributed by atoms with Crippen LogP contribution in [-0.2, 0) is 9.53 Å². The van der Waals surface area contributed by atoms with Gasteiger partial charge in [0.05, 0.1) is 18.4 Å². The fourth-order valence-corrected chi connectivity index (χ4v) is 3.18. The molecule has 2 rings (SSSR count). The molecule has 21 heavy (non-hydrogen) atoms. The van der Waals surface area contributed by atoms with Crippen molar-refractivity contribution in [3.05, 3.63) is 37.8 Å². The topological polar surface area (TPSA) is 67.4 Å². The lowest BCUT2D eigenvalue weighted by Gasteiger charge is -2.22. The van der Waals surface area contributed by atoms with Gasteiger partial charge in [-0.15, -0.1) is 0 Å². The zero-order chi connectivity index (χ0) is 15.6. The van der Waals surface area contributed by atoms with Gasteiger partial charge in [0.2, 0.25) is 0 Å². The van der Waals surface area contributed by atoms with Crippen LogP contribution in [0.15, 0.2) is 32.2 Å². The molecule has 1 aliphatic rings. The summed E-state index contributed by atoms with van der Waals surface area (Å²) in [5.74, 6) is -0.734. The predicted molar refractivity (Wildman–Crippen MR) is 87.4 cm³/mol. The van der Waals surface area contributed by atoms with E-state index in [4.69, 9.17) is 4.74 Å². The van der Waals surface area contributed by atoms with E-state index in [1.807, 2.05) is 0 Å². The van der Waals surface area contributed by atoms with E-state index in [1.165, 1.54) is 7.11 Å². The Morgan fingerprint density at radius 2 is 1.95 bits per heavy atom. The molecule has 2 N–H and O–H groups in total. The number of carbonyl (C=O) groups is 2. The van der Waals surface area contributed by atoms with Gasteiger partial charge in [0, 0.05) is 27.6 Å². The van der Waals surface area contributed by atoms with Crippen LogP contribution in [0.3, 0.4) is 0 Å². The van der Waals surface area contributed by atoms with E-state index in [2.05, 4.69) is 42.5 Å². The summed E-state index contributed by atoms with van der Waals surface area (Å²) in [5.41, 5.74) is 2.43. The monoisotopic (exact) mass is 416 g/mol.